The number of hydrogen-bond donors (Lipinski definition) is 0. The third kappa shape index (κ3) is 36.7. The monoisotopic (exact) mass is 1040 g/mol. The topological polar surface area (TPSA) is 0 Å². The molecule has 0 aliphatic heterocycles. The van der Waals surface area contributed by atoms with Crippen LogP contribution in [0.4, 0.5) is 0 Å². The van der Waals surface area contributed by atoms with Crippen LogP contribution in [-0.2, 0) is 78.6 Å². The van der Waals surface area contributed by atoms with Crippen molar-refractivity contribution in [1.29, 1.82) is 0 Å². The van der Waals surface area contributed by atoms with Crippen LogP contribution >= 0.6 is 29.7 Å². The van der Waals surface area contributed by atoms with Crippen LogP contribution in [0.1, 0.15) is 58.2 Å². The summed E-state index contributed by atoms with van der Waals surface area (Å²) in [4.78, 5) is 0. The van der Waals surface area contributed by atoms with Crippen LogP contribution in [0.2, 0.25) is 0 Å². The van der Waals surface area contributed by atoms with Gasteiger partial charge in [-0.3, -0.25) is 0 Å². The van der Waals surface area contributed by atoms with E-state index in [2.05, 4.69) is 172 Å². The average Bonchev–Trinajstić information content (AvgIpc) is 3.77. The molecule has 9 heteroatoms. The second-order valence-corrected chi connectivity index (χ2v) is 7.98. The number of aryl methyl sites for hydroxylation is 3. The van der Waals surface area contributed by atoms with Crippen molar-refractivity contribution >= 4 is 62.0 Å². The first-order valence-electron chi connectivity index (χ1n) is 14.7. The predicted octanol–water partition coefficient (Wildman–Crippen LogP) is 4.82. The number of benzene rings is 3. The Kier molecular flexibility index (Phi) is 101. The van der Waals surface area contributed by atoms with E-state index in [1.165, 1.54) is 49.0 Å². The molecule has 6 aromatic carbocycles. The van der Waals surface area contributed by atoms with Crippen molar-refractivity contribution in [1.82, 2.24) is 0 Å². The first-order chi connectivity index (χ1) is 20.6. The third-order valence-electron chi connectivity index (χ3n) is 5.29. The van der Waals surface area contributed by atoms with Gasteiger partial charge in [-0.1, -0.05) is 39.0 Å². The number of rotatable bonds is 0. The van der Waals surface area contributed by atoms with Crippen molar-refractivity contribution < 1.29 is 116 Å². The van der Waals surface area contributed by atoms with Gasteiger partial charge in [-0.2, -0.15) is 89.4 Å². The molecule has 0 aliphatic carbocycles. The summed E-state index contributed by atoms with van der Waals surface area (Å²) in [6, 6.07) is 38.5. The van der Waals surface area contributed by atoms with Crippen molar-refractivity contribution in [2.45, 2.75) is 62.3 Å². The maximum Gasteiger partial charge on any atom is 3.00 e. The van der Waals surface area contributed by atoms with Crippen molar-refractivity contribution in [3.8, 4) is 0 Å². The van der Waals surface area contributed by atoms with E-state index in [-0.39, 0.29) is 146 Å². The van der Waals surface area contributed by atoms with E-state index < -0.39 is 0 Å². The molecule has 0 spiro atoms. The molecular weight excluding hydrogens is 977 g/mol. The molecule has 0 saturated carbocycles. The van der Waals surface area contributed by atoms with Gasteiger partial charge in [0.2, 0.25) is 0 Å². The zero-order chi connectivity index (χ0) is 32.9. The second kappa shape index (κ2) is 60.5. The van der Waals surface area contributed by atoms with Crippen molar-refractivity contribution in [2.24, 2.45) is 0 Å². The van der Waals surface area contributed by atoms with E-state index in [0.29, 0.717) is 0 Å². The maximum absolute atomic E-state index is 3.25. The Labute approximate surface area is 403 Å². The van der Waals surface area contributed by atoms with Gasteiger partial charge in [-0.15, -0.1) is 122 Å². The van der Waals surface area contributed by atoms with Crippen LogP contribution < -0.4 is 37.2 Å². The zero-order valence-electron chi connectivity index (χ0n) is 32.9. The molecule has 0 bridgehead atoms. The number of hydrogen-bond acceptors (Lipinski definition) is 0. The molecule has 0 nitrogen and oxygen atoms in total. The van der Waals surface area contributed by atoms with Crippen LogP contribution in [0.5, 0.6) is 0 Å². The molecule has 6 rings (SSSR count). The molecule has 6 aromatic rings. The molecule has 3 atom stereocenters. The molecule has 0 amide bonds. The molecule has 0 heterocycles. The van der Waals surface area contributed by atoms with E-state index in [4.69, 9.17) is 0 Å². The smallest absolute Gasteiger partial charge is 1.00 e. The van der Waals surface area contributed by atoms with Crippen LogP contribution in [-0.4, -0.2) is 0 Å². The molecule has 0 aliphatic rings. The van der Waals surface area contributed by atoms with E-state index >= 15 is 0 Å². The number of fused-ring (bicyclic) bond motifs is 3. The van der Waals surface area contributed by atoms with E-state index in [1.807, 2.05) is 0 Å². The van der Waals surface area contributed by atoms with Gasteiger partial charge < -0.3 is 78.8 Å². The first kappa shape index (κ1) is 84.7. The summed E-state index contributed by atoms with van der Waals surface area (Å²) in [5, 5.41) is 8.08. The minimum atomic E-state index is 0. The Balaban J connectivity index is -0.0000000362. The summed E-state index contributed by atoms with van der Waals surface area (Å²) >= 11 is 0. The molecule has 3 radical (unpaired) electrons. The largest absolute Gasteiger partial charge is 3.00 e. The Morgan fingerprint density at radius 2 is 0.490 bits per heavy atom. The molecule has 0 aromatic heterocycles. The molecule has 0 saturated heterocycles. The normalized spacial score (nSPS) is 6.88. The van der Waals surface area contributed by atoms with Gasteiger partial charge in [0.15, 0.2) is 0 Å². The van der Waals surface area contributed by atoms with Crippen LogP contribution in [0.25, 0.3) is 32.3 Å². The van der Waals surface area contributed by atoms with Gasteiger partial charge in [-0.25, -0.2) is 0 Å². The molecule has 3 unspecified atom stereocenters. The van der Waals surface area contributed by atoms with Crippen LogP contribution in [0.3, 0.4) is 0 Å². The van der Waals surface area contributed by atoms with Crippen LogP contribution in [0, 0.1) is 62.3 Å². The van der Waals surface area contributed by atoms with Crippen molar-refractivity contribution in [2.75, 3.05) is 0 Å². The summed E-state index contributed by atoms with van der Waals surface area (Å²) in [5.41, 5.74) is 4.05. The second-order valence-electron chi connectivity index (χ2n) is 7.98. The summed E-state index contributed by atoms with van der Waals surface area (Å²) in [5.74, 6) is 0. The third-order valence-corrected chi connectivity index (χ3v) is 5.29. The van der Waals surface area contributed by atoms with Gasteiger partial charge in [0.05, 0.1) is 0 Å². The molecule has 0 N–H and O–H groups in total. The minimum absolute atomic E-state index is 0. The molecule has 51 heavy (non-hydrogen) atoms. The quantitative estimate of drug-likeness (QED) is 0.152. The van der Waals surface area contributed by atoms with Crippen molar-refractivity contribution in [3.63, 3.8) is 0 Å². The molecular formula is C42H66Cl3P3Zr3-3. The minimum Gasteiger partial charge on any atom is -1.00 e. The van der Waals surface area contributed by atoms with Crippen molar-refractivity contribution in [3.05, 3.63) is 167 Å². The first-order valence-corrected chi connectivity index (χ1v) is 14.7. The number of halogens is 3. The van der Waals surface area contributed by atoms with Gasteiger partial charge >= 0.3 is 78.6 Å². The van der Waals surface area contributed by atoms with Gasteiger partial charge in [0, 0.05) is 0 Å². The average molecular weight is 1040 g/mol. The van der Waals surface area contributed by atoms with E-state index in [0.717, 1.165) is 0 Å². The Hall–Kier alpha value is 1.30. The summed E-state index contributed by atoms with van der Waals surface area (Å²) < 4.78 is 0. The summed E-state index contributed by atoms with van der Waals surface area (Å²) in [6.07, 6.45) is 0. The summed E-state index contributed by atoms with van der Waals surface area (Å²) in [6.45, 7) is 36.4. The van der Waals surface area contributed by atoms with E-state index in [1.54, 1.807) is 41.5 Å². The fourth-order valence-electron chi connectivity index (χ4n) is 3.92. The standard InChI is InChI=1S/3C10H9.6C2H5.3ClH.3H3P.3Zr/c3*1-8-6-9-4-2-3-5-10(9)7-8;6*1-2;;;;;;;;;/h3*2-7H,1H3;6*1H2,2H3;3*1H;3*1H3;;;/q9*-1;;;;;;;3*+3/p-3. The fourth-order valence-corrected chi connectivity index (χ4v) is 3.92. The fraction of sp³-hybridized carbons (Fsp3) is 0.214. The Morgan fingerprint density at radius 3 is 0.647 bits per heavy atom. The Bertz CT molecular complexity index is 1150. The SMILES string of the molecule is Cc1cc2ccccc2[cH-]1.Cc1cc2ccccc2[cH-]1.Cc1cc2ccccc2[cH-]1.P.P.P.[CH2-]C.[CH2-]C.[CH2-]C.[CH2-]C.[CH2-]C.[CH2-]C.[Cl-].[Cl-].[Cl-].[Zr+3].[Zr+3].[Zr+3]. The summed E-state index contributed by atoms with van der Waals surface area (Å²) in [7, 11) is 0. The maximum atomic E-state index is 3.25. The predicted molar refractivity (Wildman–Crippen MR) is 232 cm³/mol. The van der Waals surface area contributed by atoms with Crippen LogP contribution in [0.15, 0.2) is 109 Å². The van der Waals surface area contributed by atoms with Gasteiger partial charge in [0.1, 0.15) is 0 Å². The Morgan fingerprint density at radius 1 is 0.333 bits per heavy atom. The molecule has 285 valence electrons. The zero-order valence-corrected chi connectivity index (χ0v) is 46.8. The van der Waals surface area contributed by atoms with E-state index in [9.17, 15) is 0 Å². The van der Waals surface area contributed by atoms with Gasteiger partial charge in [0.25, 0.3) is 0 Å². The van der Waals surface area contributed by atoms with Gasteiger partial charge in [-0.05, 0) is 0 Å². The molecule has 0 fully saturated rings.